The average molecular weight is 899 g/mol. The number of ether oxygens (including phenoxy) is 3. The van der Waals surface area contributed by atoms with Gasteiger partial charge in [-0.05, 0) is 118 Å². The number of carbonyl (C=O) groups excluding carboxylic acids is 4. The number of allylic oxidation sites excluding steroid dienone is 2. The quantitative estimate of drug-likeness (QED) is 0.173. The molecule has 0 spiro atoms. The van der Waals surface area contributed by atoms with E-state index in [0.29, 0.717) is 60.7 Å². The number of hydrogen-bond acceptors (Lipinski definition) is 11. The molecule has 4 heterocycles. The summed E-state index contributed by atoms with van der Waals surface area (Å²) in [5, 5.41) is 1.49. The van der Waals surface area contributed by atoms with E-state index >= 15 is 4.79 Å². The highest BCUT2D eigenvalue weighted by Gasteiger charge is 2.62. The smallest absolute Gasteiger partial charge is 0.240 e. The minimum Gasteiger partial charge on any atom is -0.497 e. The maximum Gasteiger partial charge on any atom is 0.240 e. The summed E-state index contributed by atoms with van der Waals surface area (Å²) in [6, 6.07) is 10.2. The lowest BCUT2D eigenvalue weighted by atomic mass is 9.79. The third-order valence-corrected chi connectivity index (χ3v) is 15.8. The van der Waals surface area contributed by atoms with E-state index in [1.54, 1.807) is 31.2 Å². The molecule has 346 valence electrons. The van der Waals surface area contributed by atoms with Gasteiger partial charge in [-0.25, -0.2) is 18.4 Å². The summed E-state index contributed by atoms with van der Waals surface area (Å²) in [5.41, 5.74) is -0.260. The van der Waals surface area contributed by atoms with Crippen molar-refractivity contribution in [2.45, 2.75) is 143 Å². The fourth-order valence-electron chi connectivity index (χ4n) is 9.56. The van der Waals surface area contributed by atoms with Gasteiger partial charge in [0.25, 0.3) is 0 Å². The molecule has 64 heavy (non-hydrogen) atoms. The summed E-state index contributed by atoms with van der Waals surface area (Å²) in [4.78, 5) is 69.1. The number of methoxy groups -OCH3 is 1. The first kappa shape index (κ1) is 47.1. The summed E-state index contributed by atoms with van der Waals surface area (Å²) in [6.07, 6.45) is 8.65. The SMILES string of the molecule is COc1ccc2c(O[C@@H]3C[C@H]4C(=O)C[C@]5(C(=O)NS(=O)(=O)C6(C)CC6)C[C@H]5/C=C\CC[C@@H](C)C[C@@H](C)[C@H](CC(=O)CC(C)(C)C)C(=O)N4C3)nc(-c3ccc(OC(C)C)nc3)cc2c1. The Labute approximate surface area is 378 Å². The van der Waals surface area contributed by atoms with Gasteiger partial charge in [-0.3, -0.25) is 23.9 Å². The standard InChI is InChI=1S/C50H66N4O9S/c1-30(2)62-44-17-14-33(28-51-44)41-22-34-21-37(61-9)15-16-39(34)45(52-41)63-38-24-42-43(56)27-50(47(58)53-64(59,60)49(8)18-19-49)25-35(50)13-11-10-12-31(3)20-32(4)40(46(57)54(42)29-38)23-36(55)26-48(5,6)7/h11,13-17,21-22,28,30-32,35,38,40,42H,10,12,18-20,23-27,29H2,1-9H3,(H,53,58)/b13-11-/t31-,32-,35-,38-,40+,42+,50-/m1/s1. The summed E-state index contributed by atoms with van der Waals surface area (Å²) >= 11 is 0. The summed E-state index contributed by atoms with van der Waals surface area (Å²) in [6.45, 7) is 15.7. The molecule has 3 fully saturated rings. The molecule has 1 saturated heterocycles. The number of benzene rings is 1. The Morgan fingerprint density at radius 2 is 1.80 bits per heavy atom. The minimum absolute atomic E-state index is 0.00991. The first-order valence-electron chi connectivity index (χ1n) is 23.0. The van der Waals surface area contributed by atoms with E-state index in [1.165, 1.54) is 0 Å². The van der Waals surface area contributed by atoms with Crippen LogP contribution in [0.1, 0.15) is 120 Å². The van der Waals surface area contributed by atoms with Crippen LogP contribution in [-0.2, 0) is 29.2 Å². The Kier molecular flexibility index (Phi) is 13.4. The van der Waals surface area contributed by atoms with Crippen LogP contribution < -0.4 is 18.9 Å². The van der Waals surface area contributed by atoms with Gasteiger partial charge >= 0.3 is 0 Å². The minimum atomic E-state index is -3.97. The number of pyridine rings is 2. The van der Waals surface area contributed by atoms with Gasteiger partial charge < -0.3 is 19.1 Å². The average Bonchev–Trinajstić information content (AvgIpc) is 4.10. The Hall–Kier alpha value is -4.85. The number of carbonyl (C=O) groups is 4. The molecular weight excluding hydrogens is 833 g/mol. The van der Waals surface area contributed by atoms with E-state index in [0.717, 1.165) is 23.8 Å². The normalized spacial score (nSPS) is 27.8. The fraction of sp³-hybridized carbons (Fsp3) is 0.600. The van der Waals surface area contributed by atoms with Crippen LogP contribution >= 0.6 is 0 Å². The highest BCUT2D eigenvalue weighted by Crippen LogP contribution is 2.58. The van der Waals surface area contributed by atoms with Crippen LogP contribution in [0.5, 0.6) is 17.5 Å². The number of nitrogens with zero attached hydrogens (tertiary/aromatic N) is 3. The third kappa shape index (κ3) is 10.5. The molecule has 3 aromatic rings. The van der Waals surface area contributed by atoms with Gasteiger partial charge in [0.1, 0.15) is 17.6 Å². The second kappa shape index (κ2) is 18.2. The highest BCUT2D eigenvalue weighted by molar-refractivity contribution is 7.91. The lowest BCUT2D eigenvalue weighted by molar-refractivity contribution is -0.145. The van der Waals surface area contributed by atoms with E-state index < -0.39 is 44.2 Å². The molecule has 2 saturated carbocycles. The van der Waals surface area contributed by atoms with E-state index in [4.69, 9.17) is 19.2 Å². The zero-order valence-corrected chi connectivity index (χ0v) is 39.8. The summed E-state index contributed by atoms with van der Waals surface area (Å²) < 4.78 is 46.2. The molecule has 14 heteroatoms. The lowest BCUT2D eigenvalue weighted by Crippen LogP contribution is -2.48. The predicted octanol–water partition coefficient (Wildman–Crippen LogP) is 8.43. The zero-order chi connectivity index (χ0) is 46.4. The number of rotatable bonds is 12. The van der Waals surface area contributed by atoms with Crippen LogP contribution in [0.3, 0.4) is 0 Å². The molecule has 7 rings (SSSR count). The molecule has 2 aliphatic carbocycles. The van der Waals surface area contributed by atoms with Gasteiger partial charge in [0.2, 0.25) is 33.6 Å². The van der Waals surface area contributed by atoms with Gasteiger partial charge in [0.15, 0.2) is 5.78 Å². The van der Waals surface area contributed by atoms with Crippen molar-refractivity contribution in [2.24, 2.45) is 34.5 Å². The molecule has 2 aromatic heterocycles. The van der Waals surface area contributed by atoms with Gasteiger partial charge in [0.05, 0.1) is 41.7 Å². The van der Waals surface area contributed by atoms with Crippen LogP contribution in [0.4, 0.5) is 0 Å². The number of nitrogens with one attached hydrogen (secondary N) is 1. The molecule has 0 unspecified atom stereocenters. The van der Waals surface area contributed by atoms with Crippen molar-refractivity contribution in [3.63, 3.8) is 0 Å². The van der Waals surface area contributed by atoms with Gasteiger partial charge in [-0.1, -0.05) is 46.8 Å². The van der Waals surface area contributed by atoms with Crippen molar-refractivity contribution in [3.8, 4) is 28.8 Å². The molecule has 13 nitrogen and oxygen atoms in total. The van der Waals surface area contributed by atoms with Gasteiger partial charge in [0, 0.05) is 54.8 Å². The van der Waals surface area contributed by atoms with Crippen LogP contribution in [0.25, 0.3) is 22.0 Å². The van der Waals surface area contributed by atoms with E-state index in [9.17, 15) is 22.8 Å². The molecule has 7 atom stereocenters. The summed E-state index contributed by atoms with van der Waals surface area (Å²) in [7, 11) is -2.38. The van der Waals surface area contributed by atoms with Gasteiger partial charge in [-0.2, -0.15) is 0 Å². The second-order valence-electron chi connectivity index (χ2n) is 20.8. The van der Waals surface area contributed by atoms with Crippen molar-refractivity contribution >= 4 is 44.2 Å². The largest absolute Gasteiger partial charge is 0.497 e. The first-order chi connectivity index (χ1) is 30.1. The number of sulfonamides is 1. The van der Waals surface area contributed by atoms with Crippen molar-refractivity contribution in [2.75, 3.05) is 13.7 Å². The highest BCUT2D eigenvalue weighted by atomic mass is 32.2. The van der Waals surface area contributed by atoms with E-state index in [1.807, 2.05) is 84.0 Å². The van der Waals surface area contributed by atoms with E-state index in [2.05, 4.69) is 16.6 Å². The molecular formula is C50H66N4O9S. The van der Waals surface area contributed by atoms with Gasteiger partial charge in [-0.15, -0.1) is 0 Å². The number of Topliss-reactive ketones (excluding diaryl/α,β-unsaturated/α-hetero) is 2. The van der Waals surface area contributed by atoms with Crippen molar-refractivity contribution in [3.05, 3.63) is 54.7 Å². The number of aromatic nitrogens is 2. The molecule has 2 aliphatic heterocycles. The van der Waals surface area contributed by atoms with E-state index in [-0.39, 0.29) is 72.6 Å². The van der Waals surface area contributed by atoms with Crippen LogP contribution in [0, 0.1) is 34.5 Å². The maximum absolute atomic E-state index is 15.2. The second-order valence-corrected chi connectivity index (χ2v) is 23.0. The predicted molar refractivity (Wildman–Crippen MR) is 245 cm³/mol. The van der Waals surface area contributed by atoms with Crippen molar-refractivity contribution in [1.82, 2.24) is 19.6 Å². The molecule has 4 aliphatic rings. The maximum atomic E-state index is 15.2. The first-order valence-corrected chi connectivity index (χ1v) is 24.5. The molecule has 1 N–H and O–H groups in total. The topological polar surface area (TPSA) is 171 Å². The number of hydrogen-bond donors (Lipinski definition) is 1. The summed E-state index contributed by atoms with van der Waals surface area (Å²) in [5.74, 6) is -0.876. The fourth-order valence-corrected chi connectivity index (χ4v) is 10.9. The number of amides is 2. The zero-order valence-electron chi connectivity index (χ0n) is 38.9. The molecule has 0 bridgehead atoms. The molecule has 2 amide bonds. The molecule has 1 aromatic carbocycles. The van der Waals surface area contributed by atoms with Crippen LogP contribution in [0.2, 0.25) is 0 Å². The third-order valence-electron chi connectivity index (χ3n) is 13.6. The monoisotopic (exact) mass is 898 g/mol. The molecule has 0 radical (unpaired) electrons. The lowest BCUT2D eigenvalue weighted by Gasteiger charge is -2.32. The number of fused-ring (bicyclic) bond motifs is 3. The van der Waals surface area contributed by atoms with Crippen molar-refractivity contribution < 1.29 is 41.8 Å². The van der Waals surface area contributed by atoms with Crippen LogP contribution in [-0.4, -0.2) is 83.3 Å². The van der Waals surface area contributed by atoms with Crippen molar-refractivity contribution in [1.29, 1.82) is 0 Å². The Morgan fingerprint density at radius 1 is 1.05 bits per heavy atom. The van der Waals surface area contributed by atoms with Crippen LogP contribution in [0.15, 0.2) is 54.7 Å². The number of ketones is 2. The Bertz CT molecular complexity index is 2400. The Morgan fingerprint density at radius 3 is 2.45 bits per heavy atom. The Balaban J connectivity index is 1.26.